The third-order valence-corrected chi connectivity index (χ3v) is 8.13. The van der Waals surface area contributed by atoms with Crippen LogP contribution in [0.5, 0.6) is 0 Å². The van der Waals surface area contributed by atoms with Gasteiger partial charge < -0.3 is 0 Å². The van der Waals surface area contributed by atoms with Crippen molar-refractivity contribution < 1.29 is 13.2 Å². The van der Waals surface area contributed by atoms with E-state index in [1.54, 1.807) is 18.2 Å². The van der Waals surface area contributed by atoms with Gasteiger partial charge in [-0.2, -0.15) is 0 Å². The first-order chi connectivity index (χ1) is 18.4. The number of amides is 1. The molecule has 1 amide bonds. The molecule has 0 unspecified atom stereocenters. The van der Waals surface area contributed by atoms with Gasteiger partial charge >= 0.3 is 0 Å². The van der Waals surface area contributed by atoms with E-state index in [4.69, 9.17) is 11.6 Å². The molecular weight excluding hydrogens is 538 g/mol. The minimum absolute atomic E-state index is 0.0696. The molecule has 4 aromatic carbocycles. The van der Waals surface area contributed by atoms with Crippen LogP contribution in [0.4, 0.5) is 10.8 Å². The normalized spacial score (nSPS) is 11.2. The standard InChI is InChI=1S/C29H22ClN3O3S2/c30-24-13-15-26(16-14-24)38(35,36)33-25-8-4-7-23(18-25)28(34)32-29-31-27(19-37-29)22-11-9-21(10-12-22)17-20-5-2-1-3-6-20/h1-16,18-19,33H,17H2,(H,31,32,34). The first kappa shape index (κ1) is 25.7. The Morgan fingerprint density at radius 3 is 2.29 bits per heavy atom. The van der Waals surface area contributed by atoms with Crippen molar-refractivity contribution >= 4 is 49.7 Å². The maximum absolute atomic E-state index is 12.9. The van der Waals surface area contributed by atoms with Crippen LogP contribution in [0.1, 0.15) is 21.5 Å². The number of sulfonamides is 1. The molecule has 5 aromatic rings. The van der Waals surface area contributed by atoms with Crippen LogP contribution in [0.25, 0.3) is 11.3 Å². The van der Waals surface area contributed by atoms with Gasteiger partial charge in [-0.3, -0.25) is 14.8 Å². The molecule has 0 bridgehead atoms. The summed E-state index contributed by atoms with van der Waals surface area (Å²) in [7, 11) is -3.83. The average Bonchev–Trinajstić information content (AvgIpc) is 3.38. The van der Waals surface area contributed by atoms with Crippen molar-refractivity contribution in [3.63, 3.8) is 0 Å². The van der Waals surface area contributed by atoms with Gasteiger partial charge in [0.05, 0.1) is 10.6 Å². The smallest absolute Gasteiger partial charge is 0.261 e. The summed E-state index contributed by atoms with van der Waals surface area (Å²) in [5.41, 5.74) is 4.74. The van der Waals surface area contributed by atoms with E-state index >= 15 is 0 Å². The summed E-state index contributed by atoms with van der Waals surface area (Å²) in [6, 6.07) is 30.6. The monoisotopic (exact) mass is 559 g/mol. The molecule has 0 saturated heterocycles. The second-order valence-electron chi connectivity index (χ2n) is 8.49. The highest BCUT2D eigenvalue weighted by atomic mass is 35.5. The second kappa shape index (κ2) is 11.2. The molecule has 0 fully saturated rings. The average molecular weight is 560 g/mol. The number of rotatable bonds is 8. The van der Waals surface area contributed by atoms with Crippen molar-refractivity contribution in [2.45, 2.75) is 11.3 Å². The first-order valence-electron chi connectivity index (χ1n) is 11.6. The molecule has 0 atom stereocenters. The number of nitrogens with zero attached hydrogens (tertiary/aromatic N) is 1. The molecule has 0 radical (unpaired) electrons. The van der Waals surface area contributed by atoms with E-state index in [0.29, 0.717) is 15.7 Å². The van der Waals surface area contributed by atoms with Gasteiger partial charge in [-0.1, -0.05) is 72.3 Å². The predicted octanol–water partition coefficient (Wildman–Crippen LogP) is 7.11. The lowest BCUT2D eigenvalue weighted by molar-refractivity contribution is 0.102. The molecule has 1 aromatic heterocycles. The number of nitrogens with one attached hydrogen (secondary N) is 2. The van der Waals surface area contributed by atoms with Gasteiger partial charge in [-0.25, -0.2) is 13.4 Å². The summed E-state index contributed by atoms with van der Waals surface area (Å²) in [4.78, 5) is 17.5. The second-order valence-corrected chi connectivity index (χ2v) is 11.5. The number of benzene rings is 4. The van der Waals surface area contributed by atoms with E-state index in [2.05, 4.69) is 39.3 Å². The number of thiazole rings is 1. The fraction of sp³-hybridized carbons (Fsp3) is 0.0345. The highest BCUT2D eigenvalue weighted by Crippen LogP contribution is 2.26. The summed E-state index contributed by atoms with van der Waals surface area (Å²) >= 11 is 7.17. The molecule has 0 aliphatic heterocycles. The maximum Gasteiger partial charge on any atom is 0.261 e. The fourth-order valence-corrected chi connectivity index (χ4v) is 5.70. The summed E-state index contributed by atoms with van der Waals surface area (Å²) in [5, 5.41) is 5.57. The van der Waals surface area contributed by atoms with Crippen LogP contribution in [0.15, 0.2) is 113 Å². The highest BCUT2D eigenvalue weighted by Gasteiger charge is 2.16. The Labute approximate surface area is 230 Å². The minimum atomic E-state index is -3.83. The Kier molecular flexibility index (Phi) is 7.55. The molecule has 1 heterocycles. The summed E-state index contributed by atoms with van der Waals surface area (Å²) < 4.78 is 27.8. The number of carbonyl (C=O) groups is 1. The van der Waals surface area contributed by atoms with E-state index in [9.17, 15) is 13.2 Å². The van der Waals surface area contributed by atoms with Crippen molar-refractivity contribution in [2.75, 3.05) is 10.0 Å². The topological polar surface area (TPSA) is 88.2 Å². The number of halogens is 1. The first-order valence-corrected chi connectivity index (χ1v) is 14.4. The van der Waals surface area contributed by atoms with E-state index < -0.39 is 15.9 Å². The van der Waals surface area contributed by atoms with E-state index in [1.807, 2.05) is 35.7 Å². The summed E-state index contributed by atoms with van der Waals surface area (Å²) in [6.07, 6.45) is 0.856. The number of hydrogen-bond donors (Lipinski definition) is 2. The molecule has 0 aliphatic rings. The highest BCUT2D eigenvalue weighted by molar-refractivity contribution is 7.92. The van der Waals surface area contributed by atoms with Gasteiger partial charge in [-0.15, -0.1) is 11.3 Å². The third-order valence-electron chi connectivity index (χ3n) is 5.73. The number of aromatic nitrogens is 1. The van der Waals surface area contributed by atoms with Crippen molar-refractivity contribution in [2.24, 2.45) is 0 Å². The van der Waals surface area contributed by atoms with Gasteiger partial charge in [0.25, 0.3) is 15.9 Å². The Hall–Kier alpha value is -3.98. The molecule has 9 heteroatoms. The number of anilines is 2. The molecule has 190 valence electrons. The maximum atomic E-state index is 12.9. The molecule has 38 heavy (non-hydrogen) atoms. The van der Waals surface area contributed by atoms with Crippen molar-refractivity contribution in [1.82, 2.24) is 4.98 Å². The zero-order chi connectivity index (χ0) is 26.5. The van der Waals surface area contributed by atoms with Crippen molar-refractivity contribution in [1.29, 1.82) is 0 Å². The fourth-order valence-electron chi connectivity index (χ4n) is 3.81. The zero-order valence-electron chi connectivity index (χ0n) is 20.0. The molecule has 0 aliphatic carbocycles. The van der Waals surface area contributed by atoms with Crippen LogP contribution in [-0.4, -0.2) is 19.3 Å². The van der Waals surface area contributed by atoms with Gasteiger partial charge in [0.1, 0.15) is 0 Å². The molecule has 2 N–H and O–H groups in total. The predicted molar refractivity (Wildman–Crippen MR) is 153 cm³/mol. The van der Waals surface area contributed by atoms with E-state index in [0.717, 1.165) is 17.7 Å². The molecule has 0 saturated carbocycles. The van der Waals surface area contributed by atoms with Crippen LogP contribution in [0.2, 0.25) is 5.02 Å². The lowest BCUT2D eigenvalue weighted by Gasteiger charge is -2.09. The van der Waals surface area contributed by atoms with Gasteiger partial charge in [0.2, 0.25) is 0 Å². The summed E-state index contributed by atoms with van der Waals surface area (Å²) in [5.74, 6) is -0.392. The van der Waals surface area contributed by atoms with Crippen molar-refractivity contribution in [3.8, 4) is 11.3 Å². The number of carbonyl (C=O) groups excluding carboxylic acids is 1. The van der Waals surface area contributed by atoms with Crippen LogP contribution in [0, 0.1) is 0 Å². The molecule has 5 rings (SSSR count). The zero-order valence-corrected chi connectivity index (χ0v) is 22.4. The Balaban J connectivity index is 1.24. The van der Waals surface area contributed by atoms with Gasteiger partial charge in [0.15, 0.2) is 5.13 Å². The number of hydrogen-bond acceptors (Lipinski definition) is 5. The lowest BCUT2D eigenvalue weighted by Crippen LogP contribution is -2.15. The van der Waals surface area contributed by atoms with Crippen LogP contribution in [-0.2, 0) is 16.4 Å². The largest absolute Gasteiger partial charge is 0.298 e. The van der Waals surface area contributed by atoms with Gasteiger partial charge in [0, 0.05) is 27.2 Å². The minimum Gasteiger partial charge on any atom is -0.298 e. The summed E-state index contributed by atoms with van der Waals surface area (Å²) in [6.45, 7) is 0. The van der Waals surface area contributed by atoms with E-state index in [1.165, 1.54) is 52.8 Å². The molecule has 6 nitrogen and oxygen atoms in total. The van der Waals surface area contributed by atoms with E-state index in [-0.39, 0.29) is 10.6 Å². The molecular formula is C29H22ClN3O3S2. The van der Waals surface area contributed by atoms with Crippen LogP contribution < -0.4 is 10.0 Å². The SMILES string of the molecule is O=C(Nc1nc(-c2ccc(Cc3ccccc3)cc2)cs1)c1cccc(NS(=O)(=O)c2ccc(Cl)cc2)c1. The quantitative estimate of drug-likeness (QED) is 0.212. The van der Waals surface area contributed by atoms with Crippen LogP contribution in [0.3, 0.4) is 0 Å². The van der Waals surface area contributed by atoms with Gasteiger partial charge in [-0.05, 0) is 60.0 Å². The molecule has 0 spiro atoms. The van der Waals surface area contributed by atoms with Crippen molar-refractivity contribution in [3.05, 3.63) is 130 Å². The third kappa shape index (κ3) is 6.28. The Morgan fingerprint density at radius 2 is 1.55 bits per heavy atom. The Morgan fingerprint density at radius 1 is 0.842 bits per heavy atom. The lowest BCUT2D eigenvalue weighted by atomic mass is 10.0. The van der Waals surface area contributed by atoms with Crippen LogP contribution >= 0.6 is 22.9 Å². The Bertz CT molecular complexity index is 1670.